The molecule has 0 aliphatic heterocycles. The van der Waals surface area contributed by atoms with E-state index in [0.29, 0.717) is 12.3 Å². The van der Waals surface area contributed by atoms with E-state index >= 15 is 0 Å². The Labute approximate surface area is 136 Å². The summed E-state index contributed by atoms with van der Waals surface area (Å²) < 4.78 is 11.7. The molecule has 0 saturated heterocycles. The van der Waals surface area contributed by atoms with Crippen LogP contribution < -0.4 is 15.2 Å². The number of likely N-dealkylation sites (N-methyl/N-ethyl adjacent to an activating group) is 1. The number of rotatable bonds is 6. The molecule has 0 heterocycles. The van der Waals surface area contributed by atoms with Crippen LogP contribution in [0.1, 0.15) is 32.4 Å². The highest BCUT2D eigenvalue weighted by Gasteiger charge is 2.24. The molecule has 1 unspecified atom stereocenters. The first-order valence-electron chi connectivity index (χ1n) is 7.05. The Morgan fingerprint density at radius 1 is 1.19 bits per heavy atom. The maximum absolute atomic E-state index is 6.02. The van der Waals surface area contributed by atoms with Gasteiger partial charge in [-0.1, -0.05) is 36.7 Å². The molecule has 120 valence electrons. The lowest BCUT2D eigenvalue weighted by atomic mass is 9.94. The van der Waals surface area contributed by atoms with Crippen molar-refractivity contribution in [2.24, 2.45) is 11.1 Å². The van der Waals surface area contributed by atoms with Crippen molar-refractivity contribution in [1.29, 1.82) is 0 Å². The van der Waals surface area contributed by atoms with Gasteiger partial charge in [0.2, 0.25) is 0 Å². The predicted molar refractivity (Wildman–Crippen MR) is 91.1 cm³/mol. The number of benzene rings is 1. The fraction of sp³-hybridized carbons (Fsp3) is 0.625. The van der Waals surface area contributed by atoms with Gasteiger partial charge in [-0.05, 0) is 30.2 Å². The summed E-state index contributed by atoms with van der Waals surface area (Å²) in [4.78, 5) is 2.28. The van der Waals surface area contributed by atoms with E-state index in [1.807, 2.05) is 12.1 Å². The van der Waals surface area contributed by atoms with E-state index in [1.165, 1.54) is 0 Å². The topological polar surface area (TPSA) is 47.7 Å². The molecule has 0 bridgehead atoms. The van der Waals surface area contributed by atoms with Gasteiger partial charge in [-0.2, -0.15) is 0 Å². The van der Waals surface area contributed by atoms with Crippen molar-refractivity contribution < 1.29 is 9.47 Å². The quantitative estimate of drug-likeness (QED) is 0.845. The summed E-state index contributed by atoms with van der Waals surface area (Å²) in [5.41, 5.74) is 7.35. The maximum Gasteiger partial charge on any atom is 0.161 e. The smallest absolute Gasteiger partial charge is 0.161 e. The Morgan fingerprint density at radius 3 is 2.14 bits per heavy atom. The van der Waals surface area contributed by atoms with E-state index in [2.05, 4.69) is 48.6 Å². The Balaban J connectivity index is 3.16. The fourth-order valence-electron chi connectivity index (χ4n) is 2.53. The van der Waals surface area contributed by atoms with Crippen LogP contribution >= 0.6 is 15.9 Å². The molecule has 0 spiro atoms. The van der Waals surface area contributed by atoms with Gasteiger partial charge in [-0.25, -0.2) is 0 Å². The zero-order valence-corrected chi connectivity index (χ0v) is 15.5. The van der Waals surface area contributed by atoms with Crippen LogP contribution in [0.15, 0.2) is 16.6 Å². The molecule has 1 aromatic rings. The van der Waals surface area contributed by atoms with Gasteiger partial charge < -0.3 is 15.2 Å². The number of hydrogen-bond acceptors (Lipinski definition) is 4. The molecular weight excluding hydrogens is 332 g/mol. The molecule has 2 N–H and O–H groups in total. The summed E-state index contributed by atoms with van der Waals surface area (Å²) in [6, 6.07) is 4.06. The van der Waals surface area contributed by atoms with Gasteiger partial charge >= 0.3 is 0 Å². The monoisotopic (exact) mass is 358 g/mol. The third-order valence-corrected chi connectivity index (χ3v) is 4.03. The Hall–Kier alpha value is -0.780. The molecular formula is C16H27BrN2O2. The molecule has 1 aromatic carbocycles. The first-order chi connectivity index (χ1) is 9.73. The van der Waals surface area contributed by atoms with Crippen molar-refractivity contribution >= 4 is 15.9 Å². The summed E-state index contributed by atoms with van der Waals surface area (Å²) in [5, 5.41) is 0. The molecule has 21 heavy (non-hydrogen) atoms. The number of nitrogens with two attached hydrogens (primary N) is 1. The second-order valence-electron chi connectivity index (χ2n) is 6.46. The second-order valence-corrected chi connectivity index (χ2v) is 7.31. The molecule has 0 amide bonds. The summed E-state index contributed by atoms with van der Waals surface area (Å²) in [6.45, 7) is 8.17. The van der Waals surface area contributed by atoms with Crippen LogP contribution in [0.3, 0.4) is 0 Å². The third-order valence-electron chi connectivity index (χ3n) is 3.34. The first-order valence-corrected chi connectivity index (χ1v) is 7.84. The number of hydrogen-bond donors (Lipinski definition) is 1. The third kappa shape index (κ3) is 4.87. The Morgan fingerprint density at radius 2 is 1.71 bits per heavy atom. The van der Waals surface area contributed by atoms with Crippen molar-refractivity contribution in [3.63, 3.8) is 0 Å². The molecule has 1 rings (SSSR count). The van der Waals surface area contributed by atoms with Gasteiger partial charge in [-0.15, -0.1) is 0 Å². The minimum absolute atomic E-state index is 0.124. The molecule has 0 radical (unpaired) electrons. The van der Waals surface area contributed by atoms with E-state index in [4.69, 9.17) is 15.2 Å². The Kier molecular flexibility index (Phi) is 6.50. The minimum Gasteiger partial charge on any atom is -0.493 e. The fourth-order valence-corrected chi connectivity index (χ4v) is 3.11. The summed E-state index contributed by atoms with van der Waals surface area (Å²) in [7, 11) is 5.38. The number of methoxy groups -OCH3 is 2. The van der Waals surface area contributed by atoms with Crippen LogP contribution in [-0.4, -0.2) is 39.3 Å². The normalized spacial score (nSPS) is 13.4. The largest absolute Gasteiger partial charge is 0.493 e. The first kappa shape index (κ1) is 18.3. The molecule has 0 fully saturated rings. The SMILES string of the molecule is COc1cc(Br)c(C(CN)N(C)CC(C)(C)C)cc1OC. The molecule has 0 aliphatic carbocycles. The maximum atomic E-state index is 6.02. The molecule has 0 aromatic heterocycles. The number of nitrogens with zero attached hydrogens (tertiary/aromatic N) is 1. The van der Waals surface area contributed by atoms with Crippen LogP contribution in [0.5, 0.6) is 11.5 Å². The van der Waals surface area contributed by atoms with Crippen LogP contribution in [-0.2, 0) is 0 Å². The lowest BCUT2D eigenvalue weighted by Crippen LogP contribution is -2.36. The van der Waals surface area contributed by atoms with E-state index in [0.717, 1.165) is 22.3 Å². The van der Waals surface area contributed by atoms with Gasteiger partial charge in [0.1, 0.15) is 0 Å². The molecule has 1 atom stereocenters. The highest BCUT2D eigenvalue weighted by atomic mass is 79.9. The standard InChI is InChI=1S/C16H27BrN2O2/c1-16(2,3)10-19(4)13(9-18)11-7-14(20-5)15(21-6)8-12(11)17/h7-8,13H,9-10,18H2,1-6H3. The molecule has 4 nitrogen and oxygen atoms in total. The molecule has 5 heteroatoms. The molecule has 0 saturated carbocycles. The van der Waals surface area contributed by atoms with E-state index < -0.39 is 0 Å². The lowest BCUT2D eigenvalue weighted by molar-refractivity contribution is 0.175. The highest BCUT2D eigenvalue weighted by Crippen LogP contribution is 2.37. The van der Waals surface area contributed by atoms with Crippen molar-refractivity contribution in [2.75, 3.05) is 34.4 Å². The van der Waals surface area contributed by atoms with E-state index in [-0.39, 0.29) is 11.5 Å². The Bertz CT molecular complexity index is 472. The van der Waals surface area contributed by atoms with Crippen molar-refractivity contribution in [2.45, 2.75) is 26.8 Å². The lowest BCUT2D eigenvalue weighted by Gasteiger charge is -2.33. The minimum atomic E-state index is 0.124. The van der Waals surface area contributed by atoms with E-state index in [1.54, 1.807) is 14.2 Å². The zero-order chi connectivity index (χ0) is 16.2. The summed E-state index contributed by atoms with van der Waals surface area (Å²) >= 11 is 3.62. The van der Waals surface area contributed by atoms with Gasteiger partial charge in [0.25, 0.3) is 0 Å². The van der Waals surface area contributed by atoms with Crippen LogP contribution in [0.2, 0.25) is 0 Å². The van der Waals surface area contributed by atoms with Gasteiger partial charge in [0, 0.05) is 23.6 Å². The molecule has 0 aliphatic rings. The number of ether oxygens (including phenoxy) is 2. The summed E-state index contributed by atoms with van der Waals surface area (Å²) in [6.07, 6.45) is 0. The van der Waals surface area contributed by atoms with Crippen molar-refractivity contribution in [3.05, 3.63) is 22.2 Å². The van der Waals surface area contributed by atoms with Gasteiger partial charge in [0.05, 0.1) is 14.2 Å². The second kappa shape index (κ2) is 7.47. The van der Waals surface area contributed by atoms with Crippen molar-refractivity contribution in [1.82, 2.24) is 4.90 Å². The average molecular weight is 359 g/mol. The van der Waals surface area contributed by atoms with Gasteiger partial charge in [0.15, 0.2) is 11.5 Å². The van der Waals surface area contributed by atoms with Crippen molar-refractivity contribution in [3.8, 4) is 11.5 Å². The highest BCUT2D eigenvalue weighted by molar-refractivity contribution is 9.10. The van der Waals surface area contributed by atoms with Crippen LogP contribution in [0.25, 0.3) is 0 Å². The van der Waals surface area contributed by atoms with Crippen LogP contribution in [0.4, 0.5) is 0 Å². The predicted octanol–water partition coefficient (Wildman–Crippen LogP) is 3.44. The average Bonchev–Trinajstić information content (AvgIpc) is 2.38. The summed E-state index contributed by atoms with van der Waals surface area (Å²) in [5.74, 6) is 1.43. The zero-order valence-electron chi connectivity index (χ0n) is 13.9. The van der Waals surface area contributed by atoms with Gasteiger partial charge in [-0.3, -0.25) is 4.90 Å². The number of halogens is 1. The van der Waals surface area contributed by atoms with Crippen LogP contribution in [0, 0.1) is 5.41 Å². The van der Waals surface area contributed by atoms with E-state index in [9.17, 15) is 0 Å².